The fourth-order valence-corrected chi connectivity index (χ4v) is 1.31. The summed E-state index contributed by atoms with van der Waals surface area (Å²) in [5.41, 5.74) is 0.119. The molecule has 2 N–H and O–H groups in total. The van der Waals surface area contributed by atoms with Gasteiger partial charge >= 0.3 is 5.97 Å². The molecule has 1 aromatic carbocycles. The molecule has 5 nitrogen and oxygen atoms in total. The lowest BCUT2D eigenvalue weighted by atomic mass is 10.1. The third-order valence-electron chi connectivity index (χ3n) is 2.14. The lowest BCUT2D eigenvalue weighted by Crippen LogP contribution is -2.29. The first kappa shape index (κ1) is 13.8. The van der Waals surface area contributed by atoms with Crippen LogP contribution in [0.2, 0.25) is 0 Å². The first-order valence-electron chi connectivity index (χ1n) is 5.31. The van der Waals surface area contributed by atoms with Crippen LogP contribution in [0.3, 0.4) is 0 Å². The Kier molecular flexibility index (Phi) is 4.98. The van der Waals surface area contributed by atoms with Crippen molar-refractivity contribution in [1.82, 2.24) is 0 Å². The molecule has 6 heteroatoms. The van der Waals surface area contributed by atoms with E-state index in [1.165, 1.54) is 24.3 Å². The van der Waals surface area contributed by atoms with Gasteiger partial charge in [-0.25, -0.2) is 9.18 Å². The van der Waals surface area contributed by atoms with Crippen LogP contribution in [0.15, 0.2) is 29.4 Å². The van der Waals surface area contributed by atoms with Crippen molar-refractivity contribution >= 4 is 17.5 Å². The monoisotopic (exact) mass is 252 g/mol. The molecule has 0 fully saturated rings. The van der Waals surface area contributed by atoms with E-state index >= 15 is 0 Å². The molecule has 0 spiro atoms. The zero-order chi connectivity index (χ0) is 13.5. The second-order valence-electron chi connectivity index (χ2n) is 3.42. The van der Waals surface area contributed by atoms with Gasteiger partial charge in [0.25, 0.3) is 0 Å². The minimum atomic E-state index is -0.855. The standard InChI is InChI=1S/C12H13FN2O3/c1-2-18-12(17)11(15-14)10(16)7-8-3-5-9(13)6-4-8/h3-6H,2,7,14H2,1H3/b15-11+. The van der Waals surface area contributed by atoms with Gasteiger partial charge in [0.15, 0.2) is 5.78 Å². The van der Waals surface area contributed by atoms with Crippen LogP contribution in [0, 0.1) is 5.82 Å². The first-order chi connectivity index (χ1) is 8.58. The summed E-state index contributed by atoms with van der Waals surface area (Å²) in [6, 6.07) is 5.36. The number of esters is 1. The number of hydrazone groups is 1. The van der Waals surface area contributed by atoms with Crippen LogP contribution in [-0.4, -0.2) is 24.1 Å². The Morgan fingerprint density at radius 1 is 1.33 bits per heavy atom. The molecule has 0 aliphatic carbocycles. The van der Waals surface area contributed by atoms with Crippen LogP contribution in [0.25, 0.3) is 0 Å². The molecule has 0 radical (unpaired) electrons. The van der Waals surface area contributed by atoms with Gasteiger partial charge in [-0.1, -0.05) is 12.1 Å². The number of ketones is 1. The number of ether oxygens (including phenoxy) is 1. The summed E-state index contributed by atoms with van der Waals surface area (Å²) in [5, 5.41) is 3.14. The Morgan fingerprint density at radius 3 is 2.44 bits per heavy atom. The normalized spacial score (nSPS) is 11.1. The zero-order valence-electron chi connectivity index (χ0n) is 9.85. The molecule has 0 aliphatic heterocycles. The number of carbonyl (C=O) groups excluding carboxylic acids is 2. The smallest absolute Gasteiger partial charge is 0.362 e. The Bertz CT molecular complexity index is 469. The fourth-order valence-electron chi connectivity index (χ4n) is 1.31. The van der Waals surface area contributed by atoms with Gasteiger partial charge in [-0.3, -0.25) is 4.79 Å². The van der Waals surface area contributed by atoms with Gasteiger partial charge in [0.1, 0.15) is 5.82 Å². The molecule has 0 bridgehead atoms. The molecule has 1 aromatic rings. The van der Waals surface area contributed by atoms with E-state index in [-0.39, 0.29) is 13.0 Å². The molecule has 0 amide bonds. The average molecular weight is 252 g/mol. The van der Waals surface area contributed by atoms with E-state index in [4.69, 9.17) is 5.84 Å². The van der Waals surface area contributed by atoms with Crippen molar-refractivity contribution in [3.05, 3.63) is 35.6 Å². The highest BCUT2D eigenvalue weighted by molar-refractivity contribution is 6.64. The Hall–Kier alpha value is -2.24. The van der Waals surface area contributed by atoms with E-state index in [2.05, 4.69) is 9.84 Å². The summed E-state index contributed by atoms with van der Waals surface area (Å²) in [7, 11) is 0. The van der Waals surface area contributed by atoms with Crippen molar-refractivity contribution in [2.45, 2.75) is 13.3 Å². The Morgan fingerprint density at radius 2 is 1.94 bits per heavy atom. The van der Waals surface area contributed by atoms with E-state index in [0.717, 1.165) is 0 Å². The molecule has 0 atom stereocenters. The predicted molar refractivity (Wildman–Crippen MR) is 63.4 cm³/mol. The van der Waals surface area contributed by atoms with Gasteiger partial charge in [0.05, 0.1) is 6.61 Å². The number of rotatable bonds is 5. The topological polar surface area (TPSA) is 81.8 Å². The van der Waals surface area contributed by atoms with Crippen molar-refractivity contribution in [3.63, 3.8) is 0 Å². The molecule has 18 heavy (non-hydrogen) atoms. The van der Waals surface area contributed by atoms with Crippen LogP contribution >= 0.6 is 0 Å². The summed E-state index contributed by atoms with van der Waals surface area (Å²) >= 11 is 0. The molecule has 0 aromatic heterocycles. The fraction of sp³-hybridized carbons (Fsp3) is 0.250. The molecule has 0 aliphatic rings. The molecule has 0 saturated carbocycles. The SMILES string of the molecule is CCOC(=O)/C(=N/N)C(=O)Cc1ccc(F)cc1. The lowest BCUT2D eigenvalue weighted by Gasteiger charge is -2.04. The minimum Gasteiger partial charge on any atom is -0.461 e. The number of nitrogens with zero attached hydrogens (tertiary/aromatic N) is 1. The van der Waals surface area contributed by atoms with Gasteiger partial charge in [0.2, 0.25) is 5.71 Å². The lowest BCUT2D eigenvalue weighted by molar-refractivity contribution is -0.135. The first-order valence-corrected chi connectivity index (χ1v) is 5.31. The largest absolute Gasteiger partial charge is 0.461 e. The molecular formula is C12H13FN2O3. The molecule has 0 heterocycles. The van der Waals surface area contributed by atoms with Gasteiger partial charge in [-0.15, -0.1) is 0 Å². The second kappa shape index (κ2) is 6.48. The highest BCUT2D eigenvalue weighted by Gasteiger charge is 2.21. The molecule has 0 unspecified atom stereocenters. The minimum absolute atomic E-state index is 0.0882. The summed E-state index contributed by atoms with van der Waals surface area (Å²) in [6.07, 6.45) is -0.0882. The van der Waals surface area contributed by atoms with E-state index in [1.807, 2.05) is 0 Å². The van der Waals surface area contributed by atoms with Gasteiger partial charge in [-0.05, 0) is 24.6 Å². The number of hydrogen-bond donors (Lipinski definition) is 1. The van der Waals surface area contributed by atoms with Crippen LogP contribution in [0.1, 0.15) is 12.5 Å². The molecule has 0 saturated heterocycles. The van der Waals surface area contributed by atoms with Crippen LogP contribution < -0.4 is 5.84 Å². The van der Waals surface area contributed by atoms with Crippen molar-refractivity contribution in [3.8, 4) is 0 Å². The summed E-state index contributed by atoms with van der Waals surface area (Å²) in [4.78, 5) is 23.1. The van der Waals surface area contributed by atoms with E-state index in [1.54, 1.807) is 6.92 Å². The van der Waals surface area contributed by atoms with Gasteiger partial charge in [-0.2, -0.15) is 5.10 Å². The zero-order valence-corrected chi connectivity index (χ0v) is 9.85. The third-order valence-corrected chi connectivity index (χ3v) is 2.14. The second-order valence-corrected chi connectivity index (χ2v) is 3.42. The number of hydrogen-bond acceptors (Lipinski definition) is 5. The number of halogens is 1. The van der Waals surface area contributed by atoms with Crippen LogP contribution in [0.4, 0.5) is 4.39 Å². The molecule has 96 valence electrons. The van der Waals surface area contributed by atoms with Crippen molar-refractivity contribution in [2.75, 3.05) is 6.61 Å². The van der Waals surface area contributed by atoms with Crippen molar-refractivity contribution in [2.24, 2.45) is 10.9 Å². The quantitative estimate of drug-likeness (QED) is 0.276. The van der Waals surface area contributed by atoms with Gasteiger partial charge in [0, 0.05) is 6.42 Å². The molecular weight excluding hydrogens is 239 g/mol. The predicted octanol–water partition coefficient (Wildman–Crippen LogP) is 0.815. The van der Waals surface area contributed by atoms with E-state index < -0.39 is 23.3 Å². The number of benzene rings is 1. The molecule has 1 rings (SSSR count). The third kappa shape index (κ3) is 3.65. The highest BCUT2D eigenvalue weighted by atomic mass is 19.1. The summed E-state index contributed by atoms with van der Waals surface area (Å²) < 4.78 is 17.3. The van der Waals surface area contributed by atoms with Crippen molar-refractivity contribution < 1.29 is 18.7 Å². The number of nitrogens with two attached hydrogens (primary N) is 1. The maximum Gasteiger partial charge on any atom is 0.362 e. The number of carbonyl (C=O) groups is 2. The van der Waals surface area contributed by atoms with Crippen LogP contribution in [-0.2, 0) is 20.7 Å². The van der Waals surface area contributed by atoms with Crippen molar-refractivity contribution in [1.29, 1.82) is 0 Å². The van der Waals surface area contributed by atoms with Gasteiger partial charge < -0.3 is 10.6 Å². The van der Waals surface area contributed by atoms with Crippen LogP contribution in [0.5, 0.6) is 0 Å². The Labute approximate surface area is 103 Å². The Balaban J connectivity index is 2.75. The van der Waals surface area contributed by atoms with E-state index in [9.17, 15) is 14.0 Å². The summed E-state index contributed by atoms with van der Waals surface area (Å²) in [6.45, 7) is 1.73. The summed E-state index contributed by atoms with van der Waals surface area (Å²) in [5.74, 6) is 3.17. The highest BCUT2D eigenvalue weighted by Crippen LogP contribution is 2.05. The average Bonchev–Trinajstić information content (AvgIpc) is 2.33. The van der Waals surface area contributed by atoms with E-state index in [0.29, 0.717) is 5.56 Å². The maximum absolute atomic E-state index is 12.7. The number of Topliss-reactive ketones (excluding diaryl/α,β-unsaturated/α-hetero) is 1. The maximum atomic E-state index is 12.7.